The largest absolute Gasteiger partial charge is 0.300 e. The predicted octanol–water partition coefficient (Wildman–Crippen LogP) is 2.95. The lowest BCUT2D eigenvalue weighted by Crippen LogP contribution is -2.20. The van der Waals surface area contributed by atoms with Gasteiger partial charge in [0.25, 0.3) is 0 Å². The number of benzene rings is 1. The Balaban J connectivity index is 2.08. The highest BCUT2D eigenvalue weighted by Gasteiger charge is 2.10. The maximum Gasteiger partial charge on any atom is 0.180 e. The third kappa shape index (κ3) is 3.35. The number of nitriles is 1. The van der Waals surface area contributed by atoms with E-state index >= 15 is 0 Å². The van der Waals surface area contributed by atoms with E-state index in [0.717, 1.165) is 11.3 Å². The molecule has 0 spiro atoms. The summed E-state index contributed by atoms with van der Waals surface area (Å²) in [5.74, 6) is 0. The Morgan fingerprint density at radius 3 is 2.58 bits per heavy atom. The molecule has 0 aliphatic rings. The number of aromatic nitrogens is 2. The van der Waals surface area contributed by atoms with Gasteiger partial charge in [0.15, 0.2) is 6.19 Å². The van der Waals surface area contributed by atoms with Crippen LogP contribution < -0.4 is 0 Å². The van der Waals surface area contributed by atoms with Gasteiger partial charge in [0.2, 0.25) is 0 Å². The van der Waals surface area contributed by atoms with Gasteiger partial charge in [-0.3, -0.25) is 4.68 Å². The molecule has 1 aromatic heterocycles. The molecule has 1 aromatic carbocycles. The van der Waals surface area contributed by atoms with Crippen molar-refractivity contribution in [2.75, 3.05) is 0 Å². The number of hydrogen-bond donors (Lipinski definition) is 0. The molecule has 98 valence electrons. The Morgan fingerprint density at radius 1 is 1.21 bits per heavy atom. The van der Waals surface area contributed by atoms with Crippen LogP contribution in [0.4, 0.5) is 0 Å². The zero-order chi connectivity index (χ0) is 13.7. The van der Waals surface area contributed by atoms with Crippen LogP contribution in [-0.2, 0) is 13.1 Å². The van der Waals surface area contributed by atoms with Gasteiger partial charge in [0, 0.05) is 12.2 Å². The van der Waals surface area contributed by atoms with E-state index in [4.69, 9.17) is 0 Å². The predicted molar refractivity (Wildman–Crippen MR) is 73.9 cm³/mol. The molecule has 19 heavy (non-hydrogen) atoms. The second-order valence-corrected chi connectivity index (χ2v) is 4.80. The van der Waals surface area contributed by atoms with Crippen LogP contribution in [0.2, 0.25) is 0 Å². The van der Waals surface area contributed by atoms with Gasteiger partial charge >= 0.3 is 0 Å². The molecule has 1 heterocycles. The maximum atomic E-state index is 9.26. The number of hydrogen-bond acceptors (Lipinski definition) is 3. The molecule has 0 atom stereocenters. The van der Waals surface area contributed by atoms with Crippen LogP contribution in [0.1, 0.15) is 31.1 Å². The van der Waals surface area contributed by atoms with Crippen molar-refractivity contribution in [2.24, 2.45) is 0 Å². The molecule has 4 heteroatoms. The van der Waals surface area contributed by atoms with E-state index in [2.05, 4.69) is 25.1 Å². The first-order valence-electron chi connectivity index (χ1n) is 6.41. The fraction of sp³-hybridized carbons (Fsp3) is 0.333. The van der Waals surface area contributed by atoms with E-state index in [9.17, 15) is 5.26 Å². The molecule has 0 amide bonds. The molecule has 0 unspecified atom stereocenters. The third-order valence-corrected chi connectivity index (χ3v) is 2.95. The van der Waals surface area contributed by atoms with Crippen molar-refractivity contribution in [3.8, 4) is 6.19 Å². The van der Waals surface area contributed by atoms with Crippen LogP contribution in [0.3, 0.4) is 0 Å². The van der Waals surface area contributed by atoms with Gasteiger partial charge in [-0.2, -0.15) is 10.4 Å². The van der Waals surface area contributed by atoms with E-state index in [1.54, 1.807) is 11.1 Å². The third-order valence-electron chi connectivity index (χ3n) is 2.95. The molecule has 2 rings (SSSR count). The molecule has 0 N–H and O–H groups in total. The summed E-state index contributed by atoms with van der Waals surface area (Å²) in [6, 6.07) is 12.3. The fourth-order valence-corrected chi connectivity index (χ4v) is 2.06. The summed E-state index contributed by atoms with van der Waals surface area (Å²) in [7, 11) is 0. The zero-order valence-electron chi connectivity index (χ0n) is 11.3. The minimum Gasteiger partial charge on any atom is -0.300 e. The van der Waals surface area contributed by atoms with E-state index in [1.165, 1.54) is 0 Å². The molecule has 0 bridgehead atoms. The second kappa shape index (κ2) is 6.05. The quantitative estimate of drug-likeness (QED) is 0.608. The minimum atomic E-state index is 0.308. The zero-order valence-corrected chi connectivity index (χ0v) is 11.3. The van der Waals surface area contributed by atoms with Crippen LogP contribution in [0.25, 0.3) is 0 Å². The monoisotopic (exact) mass is 254 g/mol. The Hall–Kier alpha value is -2.28. The summed E-state index contributed by atoms with van der Waals surface area (Å²) in [5.41, 5.74) is 2.20. The van der Waals surface area contributed by atoms with Crippen molar-refractivity contribution in [1.29, 1.82) is 5.26 Å². The van der Waals surface area contributed by atoms with Gasteiger partial charge in [-0.15, -0.1) is 0 Å². The minimum absolute atomic E-state index is 0.308. The van der Waals surface area contributed by atoms with Gasteiger partial charge in [-0.05, 0) is 25.5 Å². The van der Waals surface area contributed by atoms with Crippen molar-refractivity contribution in [2.45, 2.75) is 33.0 Å². The first-order chi connectivity index (χ1) is 9.20. The van der Waals surface area contributed by atoms with Crippen LogP contribution in [0.5, 0.6) is 0 Å². The highest BCUT2D eigenvalue weighted by molar-refractivity contribution is 5.15. The number of rotatable bonds is 5. The Morgan fingerprint density at radius 2 is 1.95 bits per heavy atom. The Labute approximate surface area is 113 Å². The Kier molecular flexibility index (Phi) is 4.19. The lowest BCUT2D eigenvalue weighted by Gasteiger charge is -2.18. The summed E-state index contributed by atoms with van der Waals surface area (Å²) >= 11 is 0. The lowest BCUT2D eigenvalue weighted by molar-refractivity contribution is 0.355. The molecule has 0 saturated carbocycles. The molecule has 0 fully saturated rings. The van der Waals surface area contributed by atoms with Crippen LogP contribution in [-0.4, -0.2) is 14.7 Å². The molecule has 0 aliphatic heterocycles. The van der Waals surface area contributed by atoms with Crippen LogP contribution >= 0.6 is 0 Å². The van der Waals surface area contributed by atoms with E-state index in [0.29, 0.717) is 19.1 Å². The molecule has 0 saturated heterocycles. The average molecular weight is 254 g/mol. The molecular formula is C15H18N4. The van der Waals surface area contributed by atoms with Crippen molar-refractivity contribution >= 4 is 0 Å². The molecule has 0 radical (unpaired) electrons. The number of nitrogens with zero attached hydrogens (tertiary/aromatic N) is 4. The van der Waals surface area contributed by atoms with E-state index in [-0.39, 0.29) is 0 Å². The van der Waals surface area contributed by atoms with E-state index < -0.39 is 0 Å². The van der Waals surface area contributed by atoms with Crippen molar-refractivity contribution in [3.05, 3.63) is 53.9 Å². The van der Waals surface area contributed by atoms with Crippen molar-refractivity contribution < 1.29 is 0 Å². The average Bonchev–Trinajstić information content (AvgIpc) is 2.87. The van der Waals surface area contributed by atoms with Gasteiger partial charge in [-0.1, -0.05) is 30.3 Å². The van der Waals surface area contributed by atoms with Crippen molar-refractivity contribution in [1.82, 2.24) is 14.7 Å². The SMILES string of the molecule is CC(C)n1nccc1CN(C#N)Cc1ccccc1. The highest BCUT2D eigenvalue weighted by Crippen LogP contribution is 2.12. The first-order valence-corrected chi connectivity index (χ1v) is 6.41. The van der Waals surface area contributed by atoms with Crippen LogP contribution in [0, 0.1) is 11.5 Å². The highest BCUT2D eigenvalue weighted by atomic mass is 15.3. The lowest BCUT2D eigenvalue weighted by atomic mass is 10.2. The smallest absolute Gasteiger partial charge is 0.180 e. The van der Waals surface area contributed by atoms with Crippen LogP contribution in [0.15, 0.2) is 42.6 Å². The molecule has 0 aliphatic carbocycles. The summed E-state index contributed by atoms with van der Waals surface area (Å²) in [4.78, 5) is 1.74. The fourth-order valence-electron chi connectivity index (χ4n) is 2.06. The molecule has 2 aromatic rings. The Bertz CT molecular complexity index is 551. The summed E-state index contributed by atoms with van der Waals surface area (Å²) in [6.07, 6.45) is 4.03. The standard InChI is InChI=1S/C15H18N4/c1-13(2)19-15(8-9-17-19)11-18(12-16)10-14-6-4-3-5-7-14/h3-9,13H,10-11H2,1-2H3. The van der Waals surface area contributed by atoms with Gasteiger partial charge in [-0.25, -0.2) is 0 Å². The van der Waals surface area contributed by atoms with Gasteiger partial charge in [0.1, 0.15) is 0 Å². The maximum absolute atomic E-state index is 9.26. The van der Waals surface area contributed by atoms with Gasteiger partial charge in [0.05, 0.1) is 18.8 Å². The second-order valence-electron chi connectivity index (χ2n) is 4.80. The molecular weight excluding hydrogens is 236 g/mol. The summed E-state index contributed by atoms with van der Waals surface area (Å²) < 4.78 is 1.95. The van der Waals surface area contributed by atoms with E-state index in [1.807, 2.05) is 41.1 Å². The van der Waals surface area contributed by atoms with Crippen molar-refractivity contribution in [3.63, 3.8) is 0 Å². The first kappa shape index (κ1) is 13.2. The normalized spacial score (nSPS) is 10.4. The topological polar surface area (TPSA) is 44.9 Å². The van der Waals surface area contributed by atoms with Gasteiger partial charge < -0.3 is 4.90 Å². The summed E-state index contributed by atoms with van der Waals surface area (Å²) in [6.45, 7) is 5.39. The molecule has 4 nitrogen and oxygen atoms in total. The summed E-state index contributed by atoms with van der Waals surface area (Å²) in [5, 5.41) is 13.6.